The van der Waals surface area contributed by atoms with Crippen LogP contribution in [0, 0.1) is 6.92 Å². The minimum Gasteiger partial charge on any atom is -0.282 e. The predicted octanol–water partition coefficient (Wildman–Crippen LogP) is 0.667. The van der Waals surface area contributed by atoms with Crippen molar-refractivity contribution in [1.82, 2.24) is 14.9 Å². The van der Waals surface area contributed by atoms with Crippen LogP contribution in [0.5, 0.6) is 0 Å². The predicted molar refractivity (Wildman–Crippen MR) is 66.3 cm³/mol. The van der Waals surface area contributed by atoms with Crippen LogP contribution < -0.4 is 9.94 Å². The third-order valence-electron chi connectivity index (χ3n) is 2.82. The van der Waals surface area contributed by atoms with Gasteiger partial charge in [0.05, 0.1) is 0 Å². The molecule has 0 fully saturated rings. The lowest BCUT2D eigenvalue weighted by molar-refractivity contribution is -0.582. The summed E-state index contributed by atoms with van der Waals surface area (Å²) in [7, 11) is 0. The van der Waals surface area contributed by atoms with E-state index in [9.17, 15) is 4.79 Å². The van der Waals surface area contributed by atoms with Gasteiger partial charge >= 0.3 is 5.65 Å². The zero-order valence-corrected chi connectivity index (χ0v) is 10.00. The van der Waals surface area contributed by atoms with E-state index >= 15 is 0 Å². The second-order valence-electron chi connectivity index (χ2n) is 4.27. The van der Waals surface area contributed by atoms with E-state index in [1.54, 1.807) is 21.6 Å². The van der Waals surface area contributed by atoms with Gasteiger partial charge in [-0.05, 0) is 12.5 Å². The first-order chi connectivity index (χ1) is 8.74. The van der Waals surface area contributed by atoms with Gasteiger partial charge in [0, 0.05) is 16.9 Å². The molecule has 0 amide bonds. The summed E-state index contributed by atoms with van der Waals surface area (Å²) in [6.07, 6.45) is 1.62. The summed E-state index contributed by atoms with van der Waals surface area (Å²) in [5, 5.41) is 7.31. The molecule has 0 aliphatic heterocycles. The van der Waals surface area contributed by atoms with Crippen LogP contribution in [0.2, 0.25) is 0 Å². The summed E-state index contributed by atoms with van der Waals surface area (Å²) in [5.74, 6) is 0. The van der Waals surface area contributed by atoms with Crippen molar-refractivity contribution in [2.75, 3.05) is 0 Å². The van der Waals surface area contributed by atoms with Gasteiger partial charge < -0.3 is 0 Å². The zero-order valence-electron chi connectivity index (χ0n) is 10.00. The number of rotatable bonds is 2. The average Bonchev–Trinajstić information content (AvgIpc) is 2.73. The van der Waals surface area contributed by atoms with Gasteiger partial charge in [-0.3, -0.25) is 4.79 Å². The molecule has 1 N–H and O–H groups in total. The van der Waals surface area contributed by atoms with Gasteiger partial charge in [0.1, 0.15) is 6.54 Å². The number of benzene rings is 1. The highest BCUT2D eigenvalue weighted by Gasteiger charge is 2.15. The van der Waals surface area contributed by atoms with Crippen LogP contribution in [0.4, 0.5) is 0 Å². The fraction of sp³-hybridized carbons (Fsp3) is 0.154. The Morgan fingerprint density at radius 2 is 2.11 bits per heavy atom. The van der Waals surface area contributed by atoms with Crippen LogP contribution in [-0.2, 0) is 6.54 Å². The number of hydrogen-bond acceptors (Lipinski definition) is 2. The van der Waals surface area contributed by atoms with Crippen molar-refractivity contribution in [3.63, 3.8) is 0 Å². The molecule has 3 rings (SSSR count). The maximum absolute atomic E-state index is 12.0. The number of aryl methyl sites for hydroxylation is 1. The first-order valence-electron chi connectivity index (χ1n) is 5.75. The number of nitrogens with one attached hydrogen (secondary N) is 1. The first kappa shape index (κ1) is 10.7. The maximum Gasteiger partial charge on any atom is 0.331 e. The summed E-state index contributed by atoms with van der Waals surface area (Å²) in [4.78, 5) is 12.0. The summed E-state index contributed by atoms with van der Waals surface area (Å²) >= 11 is 0. The Morgan fingerprint density at radius 3 is 2.89 bits per heavy atom. The Kier molecular flexibility index (Phi) is 2.44. The van der Waals surface area contributed by atoms with Crippen LogP contribution in [0.25, 0.3) is 5.65 Å². The fourth-order valence-corrected chi connectivity index (χ4v) is 2.03. The smallest absolute Gasteiger partial charge is 0.282 e. The number of aromatic nitrogens is 4. The molecule has 3 aromatic rings. The number of nitrogens with zero attached hydrogens (tertiary/aromatic N) is 3. The summed E-state index contributed by atoms with van der Waals surface area (Å²) in [6.45, 7) is 2.44. The van der Waals surface area contributed by atoms with Gasteiger partial charge in [0.25, 0.3) is 11.8 Å². The molecular formula is C13H13N4O+. The monoisotopic (exact) mass is 241 g/mol. The lowest BCUT2D eigenvalue weighted by Gasteiger charge is -1.96. The average molecular weight is 241 g/mol. The Hall–Kier alpha value is -2.43. The molecule has 90 valence electrons. The minimum atomic E-state index is -0.0281. The highest BCUT2D eigenvalue weighted by atomic mass is 16.1. The van der Waals surface area contributed by atoms with Crippen molar-refractivity contribution < 1.29 is 4.52 Å². The van der Waals surface area contributed by atoms with Gasteiger partial charge in [-0.15, -0.1) is 4.52 Å². The van der Waals surface area contributed by atoms with Crippen LogP contribution in [0.3, 0.4) is 0 Å². The largest absolute Gasteiger partial charge is 0.331 e. The lowest BCUT2D eigenvalue weighted by atomic mass is 10.2. The topological polar surface area (TPSA) is 54.8 Å². The number of aromatic amines is 1. The van der Waals surface area contributed by atoms with Crippen LogP contribution in [-0.4, -0.2) is 14.9 Å². The number of H-pyrrole nitrogens is 1. The SMILES string of the molecule is Cc1cc(=O)c2n(Cc3ccccc3)nc[n+]2[nH]1. The Labute approximate surface area is 103 Å². The molecule has 0 bridgehead atoms. The van der Waals surface area contributed by atoms with E-state index in [-0.39, 0.29) is 5.43 Å². The molecule has 0 atom stereocenters. The quantitative estimate of drug-likeness (QED) is 0.670. The van der Waals surface area contributed by atoms with Gasteiger partial charge in [0.2, 0.25) is 0 Å². The van der Waals surface area contributed by atoms with E-state index < -0.39 is 0 Å². The van der Waals surface area contributed by atoms with Crippen molar-refractivity contribution in [3.8, 4) is 0 Å². The normalized spacial score (nSPS) is 10.9. The van der Waals surface area contributed by atoms with Gasteiger partial charge in [-0.2, -0.15) is 0 Å². The number of fused-ring (bicyclic) bond motifs is 1. The second-order valence-corrected chi connectivity index (χ2v) is 4.27. The molecule has 0 aliphatic rings. The van der Waals surface area contributed by atoms with E-state index in [2.05, 4.69) is 10.2 Å². The highest BCUT2D eigenvalue weighted by Crippen LogP contribution is 2.01. The molecule has 0 unspecified atom stereocenters. The molecule has 2 aromatic heterocycles. The second kappa shape index (κ2) is 4.10. The minimum absolute atomic E-state index is 0.0281. The van der Waals surface area contributed by atoms with E-state index in [1.807, 2.05) is 37.3 Å². The summed E-state index contributed by atoms with van der Waals surface area (Å²) in [6, 6.07) is 11.5. The van der Waals surface area contributed by atoms with E-state index in [4.69, 9.17) is 0 Å². The van der Waals surface area contributed by atoms with Gasteiger partial charge in [0.15, 0.2) is 0 Å². The zero-order chi connectivity index (χ0) is 12.5. The molecule has 2 heterocycles. The first-order valence-corrected chi connectivity index (χ1v) is 5.75. The van der Waals surface area contributed by atoms with Crippen LogP contribution >= 0.6 is 0 Å². The molecule has 1 aromatic carbocycles. The third kappa shape index (κ3) is 1.79. The lowest BCUT2D eigenvalue weighted by Crippen LogP contribution is -2.32. The molecule has 18 heavy (non-hydrogen) atoms. The van der Waals surface area contributed by atoms with Crippen molar-refractivity contribution in [1.29, 1.82) is 0 Å². The Bertz CT molecular complexity index is 743. The molecular weight excluding hydrogens is 228 g/mol. The standard InChI is InChI=1S/C13H12N4O/c1-10-7-12(18)13-16(14-9-17(13)15-10)8-11-5-3-2-4-6-11/h2-7,9H,8H2,1H3/p+1. The van der Waals surface area contributed by atoms with Gasteiger partial charge in [-0.1, -0.05) is 35.0 Å². The van der Waals surface area contributed by atoms with Crippen molar-refractivity contribution in [3.05, 3.63) is 64.2 Å². The maximum atomic E-state index is 12.0. The van der Waals surface area contributed by atoms with Gasteiger partial charge in [-0.25, -0.2) is 5.10 Å². The van der Waals surface area contributed by atoms with Crippen molar-refractivity contribution in [2.45, 2.75) is 13.5 Å². The molecule has 0 spiro atoms. The molecule has 0 aliphatic carbocycles. The van der Waals surface area contributed by atoms with Crippen molar-refractivity contribution in [2.24, 2.45) is 0 Å². The van der Waals surface area contributed by atoms with E-state index in [1.165, 1.54) is 0 Å². The van der Waals surface area contributed by atoms with Crippen LogP contribution in [0.15, 0.2) is 47.5 Å². The number of hydrogen-bond donors (Lipinski definition) is 1. The van der Waals surface area contributed by atoms with E-state index in [0.717, 1.165) is 11.3 Å². The van der Waals surface area contributed by atoms with Crippen molar-refractivity contribution >= 4 is 5.65 Å². The fourth-order valence-electron chi connectivity index (χ4n) is 2.03. The molecule has 0 saturated carbocycles. The molecule has 0 saturated heterocycles. The molecule has 5 heteroatoms. The molecule has 0 radical (unpaired) electrons. The third-order valence-corrected chi connectivity index (χ3v) is 2.82. The molecule has 5 nitrogen and oxygen atoms in total. The Morgan fingerprint density at radius 1 is 1.33 bits per heavy atom. The Balaban J connectivity index is 2.11. The van der Waals surface area contributed by atoms with E-state index in [0.29, 0.717) is 12.2 Å². The van der Waals surface area contributed by atoms with Crippen LogP contribution in [0.1, 0.15) is 11.3 Å². The summed E-state index contributed by atoms with van der Waals surface area (Å²) < 4.78 is 3.36. The summed E-state index contributed by atoms with van der Waals surface area (Å²) in [5.41, 5.74) is 2.45. The highest BCUT2D eigenvalue weighted by molar-refractivity contribution is 5.29.